The molecule has 0 unspecified atom stereocenters. The van der Waals surface area contributed by atoms with Crippen LogP contribution in [0.2, 0.25) is 0 Å². The second kappa shape index (κ2) is 5.74. The molecule has 2 aliphatic heterocycles. The molecule has 1 N–H and O–H groups in total. The molecule has 0 aliphatic carbocycles. The Labute approximate surface area is 140 Å². The molecule has 3 heterocycles. The molecule has 0 radical (unpaired) electrons. The van der Waals surface area contributed by atoms with Crippen LogP contribution in [0.1, 0.15) is 39.3 Å². The zero-order chi connectivity index (χ0) is 16.6. The van der Waals surface area contributed by atoms with E-state index in [4.69, 9.17) is 0 Å². The number of fused-ring (bicyclic) bond motifs is 1. The van der Waals surface area contributed by atoms with Crippen LogP contribution in [0.15, 0.2) is 48.7 Å². The minimum absolute atomic E-state index is 0.0322. The fraction of sp³-hybridized carbons (Fsp3) is 0.316. The fourth-order valence-corrected chi connectivity index (χ4v) is 3.71. The quantitative estimate of drug-likeness (QED) is 0.874. The van der Waals surface area contributed by atoms with Crippen molar-refractivity contribution in [3.63, 3.8) is 0 Å². The predicted octanol–water partition coefficient (Wildman–Crippen LogP) is 2.04. The smallest absolute Gasteiger partial charge is 0.272 e. The van der Waals surface area contributed by atoms with Crippen LogP contribution in [0, 0.1) is 0 Å². The van der Waals surface area contributed by atoms with Crippen LogP contribution in [-0.4, -0.2) is 40.3 Å². The third-order valence-corrected chi connectivity index (χ3v) is 5.04. The van der Waals surface area contributed by atoms with Gasteiger partial charge in [0, 0.05) is 24.8 Å². The topological polar surface area (TPSA) is 62.3 Å². The lowest BCUT2D eigenvalue weighted by atomic mass is 9.91. The summed E-state index contributed by atoms with van der Waals surface area (Å²) in [5.74, 6) is -0.0984. The summed E-state index contributed by atoms with van der Waals surface area (Å²) in [6.07, 6.45) is 4.11. The Bertz CT molecular complexity index is 790. The first-order valence-electron chi connectivity index (χ1n) is 8.28. The maximum atomic E-state index is 12.6. The third-order valence-electron chi connectivity index (χ3n) is 5.04. The van der Waals surface area contributed by atoms with Gasteiger partial charge in [-0.3, -0.25) is 14.6 Å². The first kappa shape index (κ1) is 14.9. The van der Waals surface area contributed by atoms with E-state index in [1.54, 1.807) is 23.2 Å². The standard InChI is InChI=1S/C19H19N3O2/c23-17-15-6-2-1-5-14(15)8-9-19(21-17)10-12-22(13-19)18(24)16-7-3-4-11-20-16/h1-7,11H,8-10,12-13H2,(H,21,23)/t19-/m1/s1. The molecule has 1 aromatic carbocycles. The molecule has 5 nitrogen and oxygen atoms in total. The molecule has 1 saturated heterocycles. The number of pyridine rings is 1. The molecule has 5 heteroatoms. The molecule has 122 valence electrons. The molecule has 1 spiro atoms. The number of hydrogen-bond donors (Lipinski definition) is 1. The van der Waals surface area contributed by atoms with Gasteiger partial charge in [0.2, 0.25) is 0 Å². The number of amides is 2. The molecular formula is C19H19N3O2. The number of nitrogens with one attached hydrogen (secondary N) is 1. The van der Waals surface area contributed by atoms with E-state index in [0.717, 1.165) is 30.4 Å². The third kappa shape index (κ3) is 2.56. The number of aromatic nitrogens is 1. The first-order valence-corrected chi connectivity index (χ1v) is 8.28. The van der Waals surface area contributed by atoms with Crippen LogP contribution < -0.4 is 5.32 Å². The minimum Gasteiger partial charge on any atom is -0.345 e. The fourth-order valence-electron chi connectivity index (χ4n) is 3.71. The molecule has 2 amide bonds. The van der Waals surface area contributed by atoms with Crippen molar-refractivity contribution >= 4 is 11.8 Å². The molecule has 1 atom stereocenters. The van der Waals surface area contributed by atoms with E-state index in [2.05, 4.69) is 10.3 Å². The van der Waals surface area contributed by atoms with Crippen LogP contribution in [0.5, 0.6) is 0 Å². The first-order chi connectivity index (χ1) is 11.7. The van der Waals surface area contributed by atoms with Gasteiger partial charge in [-0.05, 0) is 43.0 Å². The van der Waals surface area contributed by atoms with Crippen molar-refractivity contribution in [1.82, 2.24) is 15.2 Å². The van der Waals surface area contributed by atoms with Crippen LogP contribution in [0.3, 0.4) is 0 Å². The number of carbonyl (C=O) groups excluding carboxylic acids is 2. The Hall–Kier alpha value is -2.69. The summed E-state index contributed by atoms with van der Waals surface area (Å²) in [4.78, 5) is 31.1. The number of nitrogens with zero attached hydrogens (tertiary/aromatic N) is 2. The van der Waals surface area contributed by atoms with Gasteiger partial charge in [0.25, 0.3) is 11.8 Å². The van der Waals surface area contributed by atoms with Gasteiger partial charge >= 0.3 is 0 Å². The van der Waals surface area contributed by atoms with Crippen LogP contribution in [0.25, 0.3) is 0 Å². The highest BCUT2D eigenvalue weighted by atomic mass is 16.2. The van der Waals surface area contributed by atoms with E-state index < -0.39 is 0 Å². The molecule has 0 bridgehead atoms. The van der Waals surface area contributed by atoms with Crippen molar-refractivity contribution in [3.8, 4) is 0 Å². The molecule has 1 aromatic heterocycles. The summed E-state index contributed by atoms with van der Waals surface area (Å²) in [5, 5.41) is 3.19. The maximum absolute atomic E-state index is 12.6. The normalized spacial score (nSPS) is 22.8. The van der Waals surface area contributed by atoms with Crippen molar-refractivity contribution in [1.29, 1.82) is 0 Å². The maximum Gasteiger partial charge on any atom is 0.272 e. The SMILES string of the molecule is O=C1N[C@]2(CCc3ccccc31)CCN(C(=O)c1ccccn1)C2. The summed E-state index contributed by atoms with van der Waals surface area (Å²) in [7, 11) is 0. The summed E-state index contributed by atoms with van der Waals surface area (Å²) >= 11 is 0. The zero-order valence-electron chi connectivity index (χ0n) is 13.4. The molecule has 1 fully saturated rings. The highest BCUT2D eigenvalue weighted by molar-refractivity contribution is 5.97. The number of hydrogen-bond acceptors (Lipinski definition) is 3. The van der Waals surface area contributed by atoms with Gasteiger partial charge in [0.05, 0.1) is 5.54 Å². The Kier molecular flexibility index (Phi) is 3.56. The molecule has 0 saturated carbocycles. The number of benzene rings is 1. The lowest BCUT2D eigenvalue weighted by Crippen LogP contribution is -2.50. The Morgan fingerprint density at radius 3 is 2.79 bits per heavy atom. The zero-order valence-corrected chi connectivity index (χ0v) is 13.4. The van der Waals surface area contributed by atoms with E-state index in [9.17, 15) is 9.59 Å². The Balaban J connectivity index is 1.54. The number of aryl methyl sites for hydroxylation is 1. The number of carbonyl (C=O) groups is 2. The van der Waals surface area contributed by atoms with Gasteiger partial charge in [-0.25, -0.2) is 0 Å². The van der Waals surface area contributed by atoms with Crippen LogP contribution >= 0.6 is 0 Å². The average molecular weight is 321 g/mol. The Morgan fingerprint density at radius 1 is 1.12 bits per heavy atom. The molecule has 2 aliphatic rings. The predicted molar refractivity (Wildman–Crippen MR) is 89.7 cm³/mol. The average Bonchev–Trinajstić information content (AvgIpc) is 2.98. The summed E-state index contributed by atoms with van der Waals surface area (Å²) in [6.45, 7) is 1.19. The largest absolute Gasteiger partial charge is 0.345 e. The van der Waals surface area contributed by atoms with Crippen molar-refractivity contribution in [2.75, 3.05) is 13.1 Å². The number of likely N-dealkylation sites (tertiary alicyclic amines) is 1. The summed E-state index contributed by atoms with van der Waals surface area (Å²) < 4.78 is 0. The summed E-state index contributed by atoms with van der Waals surface area (Å²) in [5.41, 5.74) is 1.96. The van der Waals surface area contributed by atoms with Crippen molar-refractivity contribution in [2.24, 2.45) is 0 Å². The number of rotatable bonds is 1. The lowest BCUT2D eigenvalue weighted by molar-refractivity contribution is 0.0759. The molecular weight excluding hydrogens is 302 g/mol. The molecule has 4 rings (SSSR count). The van der Waals surface area contributed by atoms with Gasteiger partial charge in [0.1, 0.15) is 5.69 Å². The van der Waals surface area contributed by atoms with Gasteiger partial charge in [-0.1, -0.05) is 24.3 Å². The van der Waals surface area contributed by atoms with Gasteiger partial charge in [0.15, 0.2) is 0 Å². The van der Waals surface area contributed by atoms with E-state index in [1.807, 2.05) is 30.3 Å². The highest BCUT2D eigenvalue weighted by Crippen LogP contribution is 2.31. The van der Waals surface area contributed by atoms with Crippen LogP contribution in [-0.2, 0) is 6.42 Å². The van der Waals surface area contributed by atoms with Crippen molar-refractivity contribution in [2.45, 2.75) is 24.8 Å². The summed E-state index contributed by atoms with van der Waals surface area (Å²) in [6, 6.07) is 13.1. The second-order valence-corrected chi connectivity index (χ2v) is 6.58. The monoisotopic (exact) mass is 321 g/mol. The second-order valence-electron chi connectivity index (χ2n) is 6.58. The van der Waals surface area contributed by atoms with E-state index >= 15 is 0 Å². The van der Waals surface area contributed by atoms with E-state index in [0.29, 0.717) is 18.8 Å². The van der Waals surface area contributed by atoms with Crippen LogP contribution in [0.4, 0.5) is 0 Å². The molecule has 2 aromatic rings. The van der Waals surface area contributed by atoms with Gasteiger partial charge in [-0.2, -0.15) is 0 Å². The van der Waals surface area contributed by atoms with E-state index in [1.165, 1.54) is 0 Å². The van der Waals surface area contributed by atoms with Crippen molar-refractivity contribution in [3.05, 3.63) is 65.5 Å². The lowest BCUT2D eigenvalue weighted by Gasteiger charge is -2.28. The Morgan fingerprint density at radius 2 is 1.96 bits per heavy atom. The molecule has 24 heavy (non-hydrogen) atoms. The van der Waals surface area contributed by atoms with Gasteiger partial charge < -0.3 is 10.2 Å². The van der Waals surface area contributed by atoms with Crippen molar-refractivity contribution < 1.29 is 9.59 Å². The highest BCUT2D eigenvalue weighted by Gasteiger charge is 2.42. The minimum atomic E-state index is -0.333. The van der Waals surface area contributed by atoms with Gasteiger partial charge in [-0.15, -0.1) is 0 Å². The van der Waals surface area contributed by atoms with E-state index in [-0.39, 0.29) is 17.4 Å².